The molecule has 0 aromatic heterocycles. The Morgan fingerprint density at radius 1 is 0.857 bits per heavy atom. The zero-order chi connectivity index (χ0) is 14.5. The molecule has 1 aromatic rings. The molecule has 1 nitrogen and oxygen atoms in total. The van der Waals surface area contributed by atoms with Gasteiger partial charge < -0.3 is 5.32 Å². The third kappa shape index (κ3) is 3.53. The van der Waals surface area contributed by atoms with E-state index in [0.29, 0.717) is 0 Å². The molecule has 0 unspecified atom stereocenters. The zero-order valence-electron chi connectivity index (χ0n) is 13.7. The fraction of sp³-hybridized carbons (Fsp3) is 0.684. The van der Waals surface area contributed by atoms with Crippen LogP contribution >= 0.6 is 0 Å². The molecule has 0 heterocycles. The maximum absolute atomic E-state index is 3.71. The van der Waals surface area contributed by atoms with Crippen LogP contribution in [0.2, 0.25) is 0 Å². The minimum Gasteiger partial charge on any atom is -0.389 e. The van der Waals surface area contributed by atoms with E-state index in [-0.39, 0.29) is 0 Å². The van der Waals surface area contributed by atoms with Crippen LogP contribution in [0.4, 0.5) is 5.69 Å². The largest absolute Gasteiger partial charge is 0.389 e. The summed E-state index contributed by atoms with van der Waals surface area (Å²) in [7, 11) is 1.23. The molecule has 2 fully saturated rings. The van der Waals surface area contributed by atoms with Gasteiger partial charge in [-0.1, -0.05) is 50.7 Å². The second-order valence-electron chi connectivity index (χ2n) is 7.01. The SMILES string of the molecule is [SiH3]CNc1cccc(C2CCCCC2)c1C1CCCCC1. The van der Waals surface area contributed by atoms with Gasteiger partial charge in [0.25, 0.3) is 0 Å². The topological polar surface area (TPSA) is 12.0 Å². The minimum absolute atomic E-state index is 0.826. The second-order valence-corrected chi connectivity index (χ2v) is 7.72. The Balaban J connectivity index is 1.94. The first-order valence-electron chi connectivity index (χ1n) is 9.27. The van der Waals surface area contributed by atoms with Gasteiger partial charge in [-0.3, -0.25) is 0 Å². The van der Waals surface area contributed by atoms with E-state index in [1.807, 2.05) is 0 Å². The summed E-state index contributed by atoms with van der Waals surface area (Å²) in [6.07, 6.45) is 15.5. The van der Waals surface area contributed by atoms with Crippen LogP contribution < -0.4 is 5.32 Å². The molecule has 2 aliphatic rings. The molecule has 0 aliphatic heterocycles. The lowest BCUT2D eigenvalue weighted by Gasteiger charge is -2.31. The molecule has 2 saturated carbocycles. The van der Waals surface area contributed by atoms with Gasteiger partial charge in [-0.25, -0.2) is 0 Å². The van der Waals surface area contributed by atoms with Gasteiger partial charge in [0.15, 0.2) is 0 Å². The van der Waals surface area contributed by atoms with E-state index in [9.17, 15) is 0 Å². The van der Waals surface area contributed by atoms with Crippen molar-refractivity contribution in [1.82, 2.24) is 0 Å². The molecule has 0 atom stereocenters. The van der Waals surface area contributed by atoms with E-state index in [4.69, 9.17) is 0 Å². The Hall–Kier alpha value is -0.763. The van der Waals surface area contributed by atoms with Crippen molar-refractivity contribution in [3.8, 4) is 0 Å². The molecule has 0 spiro atoms. The van der Waals surface area contributed by atoms with Crippen molar-refractivity contribution < 1.29 is 0 Å². The fourth-order valence-corrected chi connectivity index (χ4v) is 4.93. The van der Waals surface area contributed by atoms with Gasteiger partial charge in [0.2, 0.25) is 0 Å². The van der Waals surface area contributed by atoms with Crippen LogP contribution in [0, 0.1) is 0 Å². The number of anilines is 1. The van der Waals surface area contributed by atoms with Crippen molar-refractivity contribution in [2.45, 2.75) is 76.0 Å². The first-order valence-corrected chi connectivity index (χ1v) is 10.7. The number of hydrogen-bond acceptors (Lipinski definition) is 1. The van der Waals surface area contributed by atoms with Crippen molar-refractivity contribution >= 4 is 15.9 Å². The molecule has 0 bridgehead atoms. The normalized spacial score (nSPS) is 21.5. The molecule has 2 heteroatoms. The van der Waals surface area contributed by atoms with Crippen molar-refractivity contribution in [1.29, 1.82) is 0 Å². The van der Waals surface area contributed by atoms with E-state index in [1.165, 1.54) is 86.3 Å². The summed E-state index contributed by atoms with van der Waals surface area (Å²) in [6.45, 7) is 0. The third-order valence-corrected chi connectivity index (χ3v) is 5.92. The van der Waals surface area contributed by atoms with Gasteiger partial charge in [0.1, 0.15) is 0 Å². The Morgan fingerprint density at radius 2 is 1.48 bits per heavy atom. The summed E-state index contributed by atoms with van der Waals surface area (Å²) < 4.78 is 0. The van der Waals surface area contributed by atoms with E-state index in [1.54, 1.807) is 11.1 Å². The maximum Gasteiger partial charge on any atom is 0.0375 e. The molecule has 0 saturated heterocycles. The smallest absolute Gasteiger partial charge is 0.0375 e. The van der Waals surface area contributed by atoms with Crippen LogP contribution in [0.5, 0.6) is 0 Å². The number of hydrogen-bond donors (Lipinski definition) is 1. The third-order valence-electron chi connectivity index (χ3n) is 5.57. The van der Waals surface area contributed by atoms with Crippen molar-refractivity contribution in [2.75, 3.05) is 11.5 Å². The molecule has 1 aromatic carbocycles. The van der Waals surface area contributed by atoms with E-state index in [0.717, 1.165) is 11.8 Å². The first-order chi connectivity index (χ1) is 10.4. The Labute approximate surface area is 133 Å². The summed E-state index contributed by atoms with van der Waals surface area (Å²) in [5, 5.41) is 3.71. The van der Waals surface area contributed by atoms with Gasteiger partial charge in [-0.2, -0.15) is 0 Å². The average Bonchev–Trinajstić information content (AvgIpc) is 2.56. The summed E-state index contributed by atoms with van der Waals surface area (Å²) in [5.74, 6) is 1.67. The molecule has 21 heavy (non-hydrogen) atoms. The summed E-state index contributed by atoms with van der Waals surface area (Å²) >= 11 is 0. The summed E-state index contributed by atoms with van der Waals surface area (Å²) in [4.78, 5) is 0. The molecule has 116 valence electrons. The van der Waals surface area contributed by atoms with Gasteiger partial charge in [0, 0.05) is 15.9 Å². The Bertz CT molecular complexity index is 445. The van der Waals surface area contributed by atoms with Crippen LogP contribution in [0.25, 0.3) is 0 Å². The Kier molecular flexibility index (Phi) is 5.40. The van der Waals surface area contributed by atoms with Crippen LogP contribution in [0.15, 0.2) is 18.2 Å². The van der Waals surface area contributed by atoms with Crippen LogP contribution in [0.1, 0.15) is 87.2 Å². The number of benzene rings is 1. The van der Waals surface area contributed by atoms with Gasteiger partial charge in [-0.05, 0) is 60.9 Å². The van der Waals surface area contributed by atoms with Crippen molar-refractivity contribution in [3.63, 3.8) is 0 Å². The number of rotatable bonds is 4. The maximum atomic E-state index is 3.71. The highest BCUT2D eigenvalue weighted by Gasteiger charge is 2.25. The fourth-order valence-electron chi connectivity index (χ4n) is 4.54. The van der Waals surface area contributed by atoms with Gasteiger partial charge in [0.05, 0.1) is 0 Å². The highest BCUT2D eigenvalue weighted by molar-refractivity contribution is 6.10. The number of nitrogens with one attached hydrogen (secondary N) is 1. The minimum atomic E-state index is 0.826. The lowest BCUT2D eigenvalue weighted by molar-refractivity contribution is 0.419. The zero-order valence-corrected chi connectivity index (χ0v) is 15.7. The molecule has 0 radical (unpaired) electrons. The predicted octanol–water partition coefficient (Wildman–Crippen LogP) is 4.52. The Morgan fingerprint density at radius 3 is 2.10 bits per heavy atom. The molecule has 1 N–H and O–H groups in total. The van der Waals surface area contributed by atoms with Crippen LogP contribution in [0.3, 0.4) is 0 Å². The van der Waals surface area contributed by atoms with Crippen molar-refractivity contribution in [2.24, 2.45) is 0 Å². The lowest BCUT2D eigenvalue weighted by Crippen LogP contribution is -2.15. The van der Waals surface area contributed by atoms with Gasteiger partial charge >= 0.3 is 0 Å². The first kappa shape index (κ1) is 15.1. The molecule has 3 rings (SSSR count). The van der Waals surface area contributed by atoms with Crippen molar-refractivity contribution in [3.05, 3.63) is 29.3 Å². The van der Waals surface area contributed by atoms with Crippen LogP contribution in [-0.4, -0.2) is 16.4 Å². The van der Waals surface area contributed by atoms with Crippen LogP contribution in [-0.2, 0) is 0 Å². The molecular formula is C19H31NSi. The van der Waals surface area contributed by atoms with E-state index in [2.05, 4.69) is 23.5 Å². The molecule has 0 amide bonds. The highest BCUT2D eigenvalue weighted by atomic mass is 28.1. The predicted molar refractivity (Wildman–Crippen MR) is 96.5 cm³/mol. The summed E-state index contributed by atoms with van der Waals surface area (Å²) in [6, 6.07) is 7.10. The second kappa shape index (κ2) is 7.48. The molecule has 2 aliphatic carbocycles. The average molecular weight is 302 g/mol. The summed E-state index contributed by atoms with van der Waals surface area (Å²) in [5.41, 5.74) is 4.90. The monoisotopic (exact) mass is 301 g/mol. The van der Waals surface area contributed by atoms with E-state index < -0.39 is 0 Å². The van der Waals surface area contributed by atoms with Gasteiger partial charge in [-0.15, -0.1) is 0 Å². The molecular weight excluding hydrogens is 270 g/mol. The highest BCUT2D eigenvalue weighted by Crippen LogP contribution is 2.43. The quantitative estimate of drug-likeness (QED) is 0.806. The standard InChI is InChI=1S/C19H31NSi/c21-14-20-18-13-7-12-17(15-8-3-1-4-9-15)19(18)16-10-5-2-6-11-16/h7,12-13,15-16,20H,1-6,8-11,14H2,21H3. The lowest BCUT2D eigenvalue weighted by atomic mass is 9.75. The van der Waals surface area contributed by atoms with E-state index >= 15 is 0 Å².